The van der Waals surface area contributed by atoms with E-state index in [9.17, 15) is 0 Å². The lowest BCUT2D eigenvalue weighted by Gasteiger charge is -2.14. The molecule has 88 valence electrons. The maximum Gasteiger partial charge on any atom is 0.0570 e. The van der Waals surface area contributed by atoms with Gasteiger partial charge in [0.25, 0.3) is 0 Å². The highest BCUT2D eigenvalue weighted by atomic mass is 14.9. The van der Waals surface area contributed by atoms with Crippen molar-refractivity contribution in [2.45, 2.75) is 26.4 Å². The smallest absolute Gasteiger partial charge is 0.0570 e. The first-order valence-electron chi connectivity index (χ1n) is 5.81. The van der Waals surface area contributed by atoms with Crippen LogP contribution in [0.3, 0.4) is 0 Å². The molecule has 2 aromatic heterocycles. The topological polar surface area (TPSA) is 37.8 Å². The Labute approximate surface area is 102 Å². The van der Waals surface area contributed by atoms with E-state index in [2.05, 4.69) is 41.3 Å². The molecule has 0 radical (unpaired) electrons. The first kappa shape index (κ1) is 11.7. The van der Waals surface area contributed by atoms with Gasteiger partial charge in [-0.25, -0.2) is 0 Å². The maximum atomic E-state index is 4.37. The number of hydrogen-bond acceptors (Lipinski definition) is 3. The number of nitrogens with zero attached hydrogens (tertiary/aromatic N) is 2. The van der Waals surface area contributed by atoms with Crippen LogP contribution in [0.25, 0.3) is 0 Å². The number of rotatable bonds is 4. The highest BCUT2D eigenvalue weighted by Gasteiger charge is 2.05. The summed E-state index contributed by atoms with van der Waals surface area (Å²) in [7, 11) is 0. The van der Waals surface area contributed by atoms with Gasteiger partial charge in [-0.05, 0) is 37.1 Å². The van der Waals surface area contributed by atoms with Gasteiger partial charge >= 0.3 is 0 Å². The van der Waals surface area contributed by atoms with Crippen molar-refractivity contribution in [2.75, 3.05) is 0 Å². The van der Waals surface area contributed by atoms with Crippen LogP contribution in [0.2, 0.25) is 0 Å². The predicted molar refractivity (Wildman–Crippen MR) is 68.5 cm³/mol. The average Bonchev–Trinajstić information content (AvgIpc) is 2.38. The summed E-state index contributed by atoms with van der Waals surface area (Å²) in [5.41, 5.74) is 3.52. The van der Waals surface area contributed by atoms with Gasteiger partial charge in [-0.2, -0.15) is 0 Å². The zero-order valence-electron chi connectivity index (χ0n) is 10.2. The van der Waals surface area contributed by atoms with E-state index in [4.69, 9.17) is 0 Å². The number of pyridine rings is 2. The highest BCUT2D eigenvalue weighted by Crippen LogP contribution is 2.11. The fourth-order valence-corrected chi connectivity index (χ4v) is 1.70. The molecule has 3 heteroatoms. The number of hydrogen-bond donors (Lipinski definition) is 1. The predicted octanol–water partition coefficient (Wildman–Crippen LogP) is 2.64. The van der Waals surface area contributed by atoms with E-state index in [1.807, 2.05) is 24.5 Å². The third kappa shape index (κ3) is 3.11. The second-order valence-electron chi connectivity index (χ2n) is 4.16. The molecule has 17 heavy (non-hydrogen) atoms. The lowest BCUT2D eigenvalue weighted by molar-refractivity contribution is 0.564. The molecule has 2 aromatic rings. The number of aryl methyl sites for hydroxylation is 1. The van der Waals surface area contributed by atoms with E-state index in [1.165, 1.54) is 11.1 Å². The van der Waals surface area contributed by atoms with Crippen LogP contribution in [0.5, 0.6) is 0 Å². The first-order chi connectivity index (χ1) is 8.27. The van der Waals surface area contributed by atoms with Crippen molar-refractivity contribution in [3.05, 3.63) is 59.7 Å². The summed E-state index contributed by atoms with van der Waals surface area (Å²) in [5, 5.41) is 3.45. The molecule has 0 fully saturated rings. The summed E-state index contributed by atoms with van der Waals surface area (Å²) in [6.45, 7) is 5.00. The molecule has 2 heterocycles. The van der Waals surface area contributed by atoms with E-state index in [0.29, 0.717) is 0 Å². The molecule has 0 aliphatic heterocycles. The van der Waals surface area contributed by atoms with Crippen molar-refractivity contribution in [3.63, 3.8) is 0 Å². The van der Waals surface area contributed by atoms with Gasteiger partial charge in [0.15, 0.2) is 0 Å². The van der Waals surface area contributed by atoms with Crippen LogP contribution in [0.4, 0.5) is 0 Å². The third-order valence-corrected chi connectivity index (χ3v) is 2.88. The quantitative estimate of drug-likeness (QED) is 0.872. The Kier molecular flexibility index (Phi) is 3.83. The molecule has 0 saturated heterocycles. The standard InChI is InChI=1S/C14H17N3/c1-11-5-3-8-16-14(11)10-17-12(2)13-6-4-7-15-9-13/h3-9,12,17H,10H2,1-2H3/t12-/m1/s1. The minimum absolute atomic E-state index is 0.283. The Hall–Kier alpha value is -1.74. The zero-order valence-corrected chi connectivity index (χ0v) is 10.2. The normalized spacial score (nSPS) is 12.4. The third-order valence-electron chi connectivity index (χ3n) is 2.88. The molecular formula is C14H17N3. The van der Waals surface area contributed by atoms with Gasteiger partial charge in [-0.15, -0.1) is 0 Å². The number of aromatic nitrogens is 2. The fourth-order valence-electron chi connectivity index (χ4n) is 1.70. The van der Waals surface area contributed by atoms with Crippen molar-refractivity contribution >= 4 is 0 Å². The molecule has 1 N–H and O–H groups in total. The Bertz CT molecular complexity index is 468. The van der Waals surface area contributed by atoms with E-state index in [0.717, 1.165) is 12.2 Å². The summed E-state index contributed by atoms with van der Waals surface area (Å²) in [5.74, 6) is 0. The monoisotopic (exact) mass is 227 g/mol. The molecular weight excluding hydrogens is 210 g/mol. The average molecular weight is 227 g/mol. The van der Waals surface area contributed by atoms with Gasteiger partial charge < -0.3 is 5.32 Å². The maximum absolute atomic E-state index is 4.37. The molecule has 0 bridgehead atoms. The van der Waals surface area contributed by atoms with Crippen molar-refractivity contribution in [2.24, 2.45) is 0 Å². The van der Waals surface area contributed by atoms with Crippen molar-refractivity contribution in [1.29, 1.82) is 0 Å². The van der Waals surface area contributed by atoms with Crippen LogP contribution in [0, 0.1) is 6.92 Å². The lowest BCUT2D eigenvalue weighted by Crippen LogP contribution is -2.19. The van der Waals surface area contributed by atoms with Crippen molar-refractivity contribution in [3.8, 4) is 0 Å². The van der Waals surface area contributed by atoms with Crippen LogP contribution >= 0.6 is 0 Å². The van der Waals surface area contributed by atoms with E-state index in [-0.39, 0.29) is 6.04 Å². The molecule has 1 atom stereocenters. The molecule has 0 amide bonds. The summed E-state index contributed by atoms with van der Waals surface area (Å²) in [4.78, 5) is 8.49. The molecule has 0 unspecified atom stereocenters. The van der Waals surface area contributed by atoms with Gasteiger partial charge in [-0.1, -0.05) is 12.1 Å². The molecule has 0 aliphatic carbocycles. The summed E-state index contributed by atoms with van der Waals surface area (Å²) in [6.07, 6.45) is 5.51. The Balaban J connectivity index is 1.97. The molecule has 2 rings (SSSR count). The van der Waals surface area contributed by atoms with E-state index >= 15 is 0 Å². The molecule has 0 aromatic carbocycles. The van der Waals surface area contributed by atoms with Crippen molar-refractivity contribution in [1.82, 2.24) is 15.3 Å². The summed E-state index contributed by atoms with van der Waals surface area (Å²) in [6, 6.07) is 8.36. The van der Waals surface area contributed by atoms with Crippen LogP contribution in [-0.4, -0.2) is 9.97 Å². The van der Waals surface area contributed by atoms with Crippen LogP contribution in [0.1, 0.15) is 29.8 Å². The van der Waals surface area contributed by atoms with E-state index < -0.39 is 0 Å². The Morgan fingerprint density at radius 2 is 2.06 bits per heavy atom. The minimum Gasteiger partial charge on any atom is -0.304 e. The SMILES string of the molecule is Cc1cccnc1CN[C@H](C)c1cccnc1. The Morgan fingerprint density at radius 1 is 1.24 bits per heavy atom. The van der Waals surface area contributed by atoms with Crippen molar-refractivity contribution < 1.29 is 0 Å². The van der Waals surface area contributed by atoms with Gasteiger partial charge in [0, 0.05) is 31.2 Å². The van der Waals surface area contributed by atoms with E-state index in [1.54, 1.807) is 6.20 Å². The fraction of sp³-hybridized carbons (Fsp3) is 0.286. The largest absolute Gasteiger partial charge is 0.304 e. The minimum atomic E-state index is 0.283. The zero-order chi connectivity index (χ0) is 12.1. The number of nitrogens with one attached hydrogen (secondary N) is 1. The van der Waals surface area contributed by atoms with Gasteiger partial charge in [0.2, 0.25) is 0 Å². The second-order valence-corrected chi connectivity index (χ2v) is 4.16. The summed E-state index contributed by atoms with van der Waals surface area (Å²) >= 11 is 0. The molecule has 3 nitrogen and oxygen atoms in total. The highest BCUT2D eigenvalue weighted by molar-refractivity contribution is 5.18. The van der Waals surface area contributed by atoms with Crippen LogP contribution in [-0.2, 0) is 6.54 Å². The lowest BCUT2D eigenvalue weighted by atomic mass is 10.1. The second kappa shape index (κ2) is 5.55. The first-order valence-corrected chi connectivity index (χ1v) is 5.81. The molecule has 0 aliphatic rings. The Morgan fingerprint density at radius 3 is 2.76 bits per heavy atom. The summed E-state index contributed by atoms with van der Waals surface area (Å²) < 4.78 is 0. The van der Waals surface area contributed by atoms with Gasteiger partial charge in [0.05, 0.1) is 5.69 Å². The van der Waals surface area contributed by atoms with Gasteiger partial charge in [-0.3, -0.25) is 9.97 Å². The molecule has 0 spiro atoms. The van der Waals surface area contributed by atoms with Gasteiger partial charge in [0.1, 0.15) is 0 Å². The van der Waals surface area contributed by atoms with Crippen LogP contribution in [0.15, 0.2) is 42.9 Å². The van der Waals surface area contributed by atoms with Crippen LogP contribution < -0.4 is 5.32 Å². The molecule has 0 saturated carbocycles.